The van der Waals surface area contributed by atoms with Gasteiger partial charge in [0.05, 0.1) is 4.92 Å². The van der Waals surface area contributed by atoms with Crippen LogP contribution in [0.4, 0.5) is 11.5 Å². The van der Waals surface area contributed by atoms with Crippen molar-refractivity contribution in [2.45, 2.75) is 38.6 Å². The molecule has 1 saturated heterocycles. The second-order valence-corrected chi connectivity index (χ2v) is 5.44. The number of hydrogen-bond acceptors (Lipinski definition) is 5. The third kappa shape index (κ3) is 2.56. The lowest BCUT2D eigenvalue weighted by Crippen LogP contribution is -2.43. The topological polar surface area (TPSA) is 90.2 Å². The van der Waals surface area contributed by atoms with Crippen molar-refractivity contribution in [3.8, 4) is 0 Å². The summed E-state index contributed by atoms with van der Waals surface area (Å²) in [6, 6.07) is 0.0748. The Kier molecular flexibility index (Phi) is 3.75. The molecule has 1 aliphatic rings. The maximum atomic E-state index is 11.4. The molecular weight excluding hydrogens is 246 g/mol. The minimum Gasteiger partial charge on any atom is -0.350 e. The van der Waals surface area contributed by atoms with Crippen LogP contribution in [-0.2, 0) is 7.05 Å². The van der Waals surface area contributed by atoms with Crippen molar-refractivity contribution in [3.63, 3.8) is 0 Å². The predicted octanol–water partition coefficient (Wildman–Crippen LogP) is 1.38. The number of hydrogen-bond donors (Lipinski definition) is 1. The number of aryl methyl sites for hydroxylation is 1. The van der Waals surface area contributed by atoms with Crippen LogP contribution in [0.25, 0.3) is 0 Å². The van der Waals surface area contributed by atoms with Gasteiger partial charge < -0.3 is 10.6 Å². The van der Waals surface area contributed by atoms with Gasteiger partial charge in [-0.05, 0) is 12.8 Å². The summed E-state index contributed by atoms with van der Waals surface area (Å²) in [5.41, 5.74) is 6.64. The lowest BCUT2D eigenvalue weighted by atomic mass is 10.1. The van der Waals surface area contributed by atoms with E-state index < -0.39 is 0 Å². The Balaban J connectivity index is 2.46. The lowest BCUT2D eigenvalue weighted by molar-refractivity contribution is -0.385. The number of rotatable bonds is 3. The molecule has 7 heteroatoms. The van der Waals surface area contributed by atoms with Crippen LogP contribution in [0.5, 0.6) is 0 Å². The van der Waals surface area contributed by atoms with Crippen LogP contribution >= 0.6 is 0 Å². The molecule has 0 radical (unpaired) electrons. The number of aromatic nitrogens is 2. The highest BCUT2D eigenvalue weighted by Gasteiger charge is 2.33. The predicted molar refractivity (Wildman–Crippen MR) is 73.4 cm³/mol. The highest BCUT2D eigenvalue weighted by Crippen LogP contribution is 2.36. The summed E-state index contributed by atoms with van der Waals surface area (Å²) in [7, 11) is 1.76. The van der Waals surface area contributed by atoms with Gasteiger partial charge in [0, 0.05) is 32.1 Å². The van der Waals surface area contributed by atoms with Crippen molar-refractivity contribution in [1.82, 2.24) is 9.78 Å². The van der Waals surface area contributed by atoms with E-state index in [9.17, 15) is 10.1 Å². The van der Waals surface area contributed by atoms with Gasteiger partial charge in [-0.3, -0.25) is 10.1 Å². The summed E-state index contributed by atoms with van der Waals surface area (Å²) < 4.78 is 1.62. The molecular formula is C12H21N5O2. The van der Waals surface area contributed by atoms with Crippen LogP contribution < -0.4 is 10.6 Å². The minimum absolute atomic E-state index is 0.0267. The standard InChI is InChI=1S/C12H21N5O2/c1-8(2)10-11(17(18)19)12(15(3)14-10)16-6-4-5-9(13)7-16/h8-9H,4-7,13H2,1-3H3/t9-/m1/s1. The summed E-state index contributed by atoms with van der Waals surface area (Å²) in [6.07, 6.45) is 1.93. The maximum Gasteiger partial charge on any atom is 0.334 e. The molecule has 2 heterocycles. The molecule has 1 aliphatic heterocycles. The van der Waals surface area contributed by atoms with Crippen LogP contribution in [0.3, 0.4) is 0 Å². The molecule has 1 fully saturated rings. The molecule has 1 aromatic rings. The summed E-state index contributed by atoms with van der Waals surface area (Å²) in [6.45, 7) is 5.28. The van der Waals surface area contributed by atoms with Gasteiger partial charge in [0.1, 0.15) is 5.69 Å². The second kappa shape index (κ2) is 5.16. The Morgan fingerprint density at radius 2 is 2.21 bits per heavy atom. The number of nitrogens with two attached hydrogens (primary N) is 1. The monoisotopic (exact) mass is 267 g/mol. The van der Waals surface area contributed by atoms with Gasteiger partial charge in [-0.2, -0.15) is 5.10 Å². The van der Waals surface area contributed by atoms with Gasteiger partial charge in [-0.25, -0.2) is 4.68 Å². The van der Waals surface area contributed by atoms with E-state index in [-0.39, 0.29) is 22.6 Å². The molecule has 0 aromatic carbocycles. The summed E-state index contributed by atoms with van der Waals surface area (Å²) >= 11 is 0. The van der Waals surface area contributed by atoms with E-state index in [1.165, 1.54) is 0 Å². The van der Waals surface area contributed by atoms with E-state index in [0.717, 1.165) is 19.4 Å². The van der Waals surface area contributed by atoms with Gasteiger partial charge in [0.2, 0.25) is 5.82 Å². The molecule has 0 bridgehead atoms. The van der Waals surface area contributed by atoms with Crippen molar-refractivity contribution in [2.75, 3.05) is 18.0 Å². The molecule has 106 valence electrons. The fourth-order valence-corrected chi connectivity index (χ4v) is 2.65. The molecule has 19 heavy (non-hydrogen) atoms. The molecule has 0 unspecified atom stereocenters. The van der Waals surface area contributed by atoms with E-state index in [1.54, 1.807) is 11.7 Å². The van der Waals surface area contributed by atoms with Crippen LogP contribution in [0.2, 0.25) is 0 Å². The van der Waals surface area contributed by atoms with Gasteiger partial charge in [0.15, 0.2) is 0 Å². The third-order valence-corrected chi connectivity index (χ3v) is 3.51. The Hall–Kier alpha value is -1.63. The number of nitro groups is 1. The van der Waals surface area contributed by atoms with E-state index in [2.05, 4.69) is 5.10 Å². The second-order valence-electron chi connectivity index (χ2n) is 5.44. The smallest absolute Gasteiger partial charge is 0.334 e. The molecule has 2 N–H and O–H groups in total. The quantitative estimate of drug-likeness (QED) is 0.660. The summed E-state index contributed by atoms with van der Waals surface area (Å²) in [5, 5.41) is 15.7. The van der Waals surface area contributed by atoms with E-state index >= 15 is 0 Å². The fraction of sp³-hybridized carbons (Fsp3) is 0.750. The van der Waals surface area contributed by atoms with Crippen molar-refractivity contribution >= 4 is 11.5 Å². The number of anilines is 1. The van der Waals surface area contributed by atoms with Crippen molar-refractivity contribution in [3.05, 3.63) is 15.8 Å². The lowest BCUT2D eigenvalue weighted by Gasteiger charge is -2.31. The van der Waals surface area contributed by atoms with Crippen LogP contribution in [-0.4, -0.2) is 33.8 Å². The molecule has 1 aromatic heterocycles. The van der Waals surface area contributed by atoms with Crippen LogP contribution in [0.15, 0.2) is 0 Å². The Morgan fingerprint density at radius 3 is 2.74 bits per heavy atom. The third-order valence-electron chi connectivity index (χ3n) is 3.51. The van der Waals surface area contributed by atoms with Crippen molar-refractivity contribution in [2.24, 2.45) is 12.8 Å². The Bertz CT molecular complexity index is 483. The average Bonchev–Trinajstić information content (AvgIpc) is 2.67. The average molecular weight is 267 g/mol. The Morgan fingerprint density at radius 1 is 1.53 bits per heavy atom. The SMILES string of the molecule is CC(C)c1nn(C)c(N2CCC[C@@H](N)C2)c1[N+](=O)[O-]. The summed E-state index contributed by atoms with van der Waals surface area (Å²) in [4.78, 5) is 13.0. The zero-order valence-corrected chi connectivity index (χ0v) is 11.7. The minimum atomic E-state index is -0.322. The van der Waals surface area contributed by atoms with Crippen LogP contribution in [0.1, 0.15) is 38.3 Å². The molecule has 1 atom stereocenters. The molecule has 0 amide bonds. The highest BCUT2D eigenvalue weighted by molar-refractivity contribution is 5.62. The number of nitrogens with zero attached hydrogens (tertiary/aromatic N) is 4. The molecule has 2 rings (SSSR count). The van der Waals surface area contributed by atoms with Crippen molar-refractivity contribution < 1.29 is 4.92 Å². The van der Waals surface area contributed by atoms with Crippen LogP contribution in [0, 0.1) is 10.1 Å². The first-order valence-corrected chi connectivity index (χ1v) is 6.63. The van der Waals surface area contributed by atoms with Gasteiger partial charge in [0.25, 0.3) is 0 Å². The fourth-order valence-electron chi connectivity index (χ4n) is 2.65. The zero-order chi connectivity index (χ0) is 14.2. The Labute approximate surface area is 112 Å². The van der Waals surface area contributed by atoms with E-state index in [1.807, 2.05) is 18.7 Å². The first-order valence-electron chi connectivity index (χ1n) is 6.63. The van der Waals surface area contributed by atoms with Crippen molar-refractivity contribution in [1.29, 1.82) is 0 Å². The van der Waals surface area contributed by atoms with Gasteiger partial charge in [-0.15, -0.1) is 0 Å². The molecule has 0 spiro atoms. The zero-order valence-electron chi connectivity index (χ0n) is 11.7. The molecule has 0 saturated carbocycles. The molecule has 7 nitrogen and oxygen atoms in total. The first kappa shape index (κ1) is 13.8. The normalized spacial score (nSPS) is 20.1. The maximum absolute atomic E-state index is 11.4. The largest absolute Gasteiger partial charge is 0.350 e. The van der Waals surface area contributed by atoms with E-state index in [4.69, 9.17) is 5.73 Å². The van der Waals surface area contributed by atoms with Gasteiger partial charge in [-0.1, -0.05) is 13.8 Å². The van der Waals surface area contributed by atoms with Gasteiger partial charge >= 0.3 is 5.69 Å². The highest BCUT2D eigenvalue weighted by atomic mass is 16.6. The molecule has 0 aliphatic carbocycles. The summed E-state index contributed by atoms with van der Waals surface area (Å²) in [5.74, 6) is 0.614. The number of piperidine rings is 1. The first-order chi connectivity index (χ1) is 8.91. The van der Waals surface area contributed by atoms with E-state index in [0.29, 0.717) is 18.1 Å².